The minimum absolute atomic E-state index is 0.104. The smallest absolute Gasteiger partial charge is 0.185 e. The molecule has 0 radical (unpaired) electrons. The van der Waals surface area contributed by atoms with Crippen LogP contribution in [0.5, 0.6) is 0 Å². The van der Waals surface area contributed by atoms with E-state index in [2.05, 4.69) is 24.1 Å². The van der Waals surface area contributed by atoms with E-state index in [1.165, 1.54) is 12.1 Å². The second-order valence-corrected chi connectivity index (χ2v) is 6.49. The van der Waals surface area contributed by atoms with Crippen LogP contribution >= 0.6 is 11.6 Å². The fourth-order valence-corrected chi connectivity index (χ4v) is 2.77. The van der Waals surface area contributed by atoms with E-state index in [1.807, 2.05) is 12.1 Å². The summed E-state index contributed by atoms with van der Waals surface area (Å²) in [6, 6.07) is 8.38. The average Bonchev–Trinajstić information content (AvgIpc) is 2.65. The monoisotopic (exact) mass is 361 g/mol. The van der Waals surface area contributed by atoms with Crippen molar-refractivity contribution in [3.05, 3.63) is 65.1 Å². The van der Waals surface area contributed by atoms with Crippen LogP contribution in [0.15, 0.2) is 48.7 Å². The van der Waals surface area contributed by atoms with Gasteiger partial charge >= 0.3 is 0 Å². The van der Waals surface area contributed by atoms with E-state index in [0.717, 1.165) is 18.4 Å². The molecular formula is C20H21ClFNO2. The largest absolute Gasteiger partial charge is 0.348 e. The number of hydrogen-bond acceptors (Lipinski definition) is 3. The number of halogens is 2. The second-order valence-electron chi connectivity index (χ2n) is 6.08. The van der Waals surface area contributed by atoms with Gasteiger partial charge in [-0.15, -0.1) is 0 Å². The molecule has 0 spiro atoms. The van der Waals surface area contributed by atoms with Gasteiger partial charge in [0.1, 0.15) is 5.82 Å². The Morgan fingerprint density at radius 1 is 1.24 bits per heavy atom. The van der Waals surface area contributed by atoms with Gasteiger partial charge in [-0.3, -0.25) is 4.98 Å². The molecule has 0 aliphatic carbocycles. The molecule has 0 amide bonds. The van der Waals surface area contributed by atoms with E-state index in [4.69, 9.17) is 21.1 Å². The number of pyridine rings is 1. The van der Waals surface area contributed by atoms with Crippen LogP contribution in [0.2, 0.25) is 5.02 Å². The second kappa shape index (κ2) is 8.56. The Morgan fingerprint density at radius 2 is 2.04 bits per heavy atom. The van der Waals surface area contributed by atoms with E-state index in [1.54, 1.807) is 12.3 Å². The Labute approximate surface area is 152 Å². The normalized spacial score (nSPS) is 20.9. The Kier molecular flexibility index (Phi) is 6.19. The molecule has 5 heteroatoms. The Balaban J connectivity index is 1.62. The van der Waals surface area contributed by atoms with E-state index in [9.17, 15) is 4.39 Å². The van der Waals surface area contributed by atoms with Crippen molar-refractivity contribution in [2.24, 2.45) is 5.92 Å². The molecule has 1 aromatic heterocycles. The molecule has 0 N–H and O–H groups in total. The minimum atomic E-state index is -0.453. The Bertz CT molecular complexity index is 725. The van der Waals surface area contributed by atoms with Gasteiger partial charge in [-0.1, -0.05) is 49.2 Å². The lowest BCUT2D eigenvalue weighted by Crippen LogP contribution is -2.25. The molecule has 0 unspecified atom stereocenters. The standard InChI is InChI=1S/C20H21ClFNO2/c1-2-3-4-5-14-12-24-20(25-13-14)16-7-9-19(23-11-16)15-6-8-17(21)18(22)10-15/h4-11,14,20H,2-3,12-13H2,1H3/t14-,20-. The molecule has 1 aliphatic heterocycles. The minimum Gasteiger partial charge on any atom is -0.348 e. The van der Waals surface area contributed by atoms with E-state index >= 15 is 0 Å². The van der Waals surface area contributed by atoms with Gasteiger partial charge in [0, 0.05) is 23.2 Å². The quantitative estimate of drug-likeness (QED) is 0.653. The van der Waals surface area contributed by atoms with Crippen molar-refractivity contribution >= 4 is 11.6 Å². The molecule has 1 aliphatic rings. The number of ether oxygens (including phenoxy) is 2. The summed E-state index contributed by atoms with van der Waals surface area (Å²) in [5.74, 6) is -0.154. The average molecular weight is 362 g/mol. The first-order valence-electron chi connectivity index (χ1n) is 8.48. The fraction of sp³-hybridized carbons (Fsp3) is 0.350. The first-order chi connectivity index (χ1) is 12.2. The lowest BCUT2D eigenvalue weighted by molar-refractivity contribution is -0.197. The van der Waals surface area contributed by atoms with E-state index in [0.29, 0.717) is 30.4 Å². The number of unbranched alkanes of at least 4 members (excludes halogenated alkanes) is 1. The molecule has 1 fully saturated rings. The third-order valence-electron chi connectivity index (χ3n) is 4.06. The lowest BCUT2D eigenvalue weighted by atomic mass is 10.1. The zero-order valence-electron chi connectivity index (χ0n) is 14.1. The summed E-state index contributed by atoms with van der Waals surface area (Å²) in [6.07, 6.45) is 7.87. The number of hydrogen-bond donors (Lipinski definition) is 0. The van der Waals surface area contributed by atoms with Crippen molar-refractivity contribution in [3.63, 3.8) is 0 Å². The maximum absolute atomic E-state index is 13.6. The molecule has 1 saturated heterocycles. The summed E-state index contributed by atoms with van der Waals surface area (Å²) >= 11 is 5.71. The maximum Gasteiger partial charge on any atom is 0.185 e. The van der Waals surface area contributed by atoms with Gasteiger partial charge in [0.2, 0.25) is 0 Å². The van der Waals surface area contributed by atoms with Crippen molar-refractivity contribution in [2.45, 2.75) is 26.1 Å². The van der Waals surface area contributed by atoms with Crippen LogP contribution in [0, 0.1) is 11.7 Å². The summed E-state index contributed by atoms with van der Waals surface area (Å²) in [4.78, 5) is 4.39. The van der Waals surface area contributed by atoms with Gasteiger partial charge in [0.15, 0.2) is 6.29 Å². The van der Waals surface area contributed by atoms with E-state index in [-0.39, 0.29) is 5.02 Å². The Hall–Kier alpha value is -1.75. The highest BCUT2D eigenvalue weighted by Crippen LogP contribution is 2.28. The van der Waals surface area contributed by atoms with Crippen LogP contribution < -0.4 is 0 Å². The van der Waals surface area contributed by atoms with Crippen LogP contribution in [0.25, 0.3) is 11.3 Å². The van der Waals surface area contributed by atoms with Crippen molar-refractivity contribution in [1.29, 1.82) is 0 Å². The molecule has 2 heterocycles. The van der Waals surface area contributed by atoms with Crippen LogP contribution in [-0.4, -0.2) is 18.2 Å². The number of nitrogens with zero attached hydrogens (tertiary/aromatic N) is 1. The van der Waals surface area contributed by atoms with Crippen LogP contribution in [0.1, 0.15) is 31.6 Å². The van der Waals surface area contributed by atoms with Crippen molar-refractivity contribution in [3.8, 4) is 11.3 Å². The molecular weight excluding hydrogens is 341 g/mol. The summed E-state index contributed by atoms with van der Waals surface area (Å²) in [7, 11) is 0. The Morgan fingerprint density at radius 3 is 2.68 bits per heavy atom. The molecule has 25 heavy (non-hydrogen) atoms. The van der Waals surface area contributed by atoms with Crippen molar-refractivity contribution in [1.82, 2.24) is 4.98 Å². The van der Waals surface area contributed by atoms with Crippen LogP contribution in [0.3, 0.4) is 0 Å². The van der Waals surface area contributed by atoms with Gasteiger partial charge < -0.3 is 9.47 Å². The third kappa shape index (κ3) is 4.66. The lowest BCUT2D eigenvalue weighted by Gasteiger charge is -2.28. The molecule has 1 aromatic carbocycles. The summed E-state index contributed by atoms with van der Waals surface area (Å²) in [6.45, 7) is 3.42. The molecule has 0 bridgehead atoms. The van der Waals surface area contributed by atoms with Gasteiger partial charge in [-0.05, 0) is 24.6 Å². The number of benzene rings is 1. The van der Waals surface area contributed by atoms with Crippen LogP contribution in [0.4, 0.5) is 4.39 Å². The highest BCUT2D eigenvalue weighted by Gasteiger charge is 2.22. The zero-order chi connectivity index (χ0) is 17.6. The molecule has 2 aromatic rings. The predicted molar refractivity (Wildman–Crippen MR) is 96.8 cm³/mol. The predicted octanol–water partition coefficient (Wildman–Crippen LogP) is 5.56. The van der Waals surface area contributed by atoms with Gasteiger partial charge in [0.05, 0.1) is 23.9 Å². The summed E-state index contributed by atoms with van der Waals surface area (Å²) < 4.78 is 25.2. The highest BCUT2D eigenvalue weighted by atomic mass is 35.5. The zero-order valence-corrected chi connectivity index (χ0v) is 14.9. The summed E-state index contributed by atoms with van der Waals surface area (Å²) in [5.41, 5.74) is 2.21. The fourth-order valence-electron chi connectivity index (χ4n) is 2.65. The van der Waals surface area contributed by atoms with Gasteiger partial charge in [-0.2, -0.15) is 0 Å². The molecule has 132 valence electrons. The third-order valence-corrected chi connectivity index (χ3v) is 4.37. The van der Waals surface area contributed by atoms with E-state index < -0.39 is 12.1 Å². The number of rotatable bonds is 5. The van der Waals surface area contributed by atoms with Gasteiger partial charge in [0.25, 0.3) is 0 Å². The SMILES string of the molecule is CCCC=C[C@H]1CO[C@H](c2ccc(-c3ccc(Cl)c(F)c3)nc2)OC1. The highest BCUT2D eigenvalue weighted by molar-refractivity contribution is 6.30. The van der Waals surface area contributed by atoms with Crippen LogP contribution in [-0.2, 0) is 9.47 Å². The summed E-state index contributed by atoms with van der Waals surface area (Å²) in [5, 5.41) is 0.104. The maximum atomic E-state index is 13.6. The number of aromatic nitrogens is 1. The molecule has 0 saturated carbocycles. The topological polar surface area (TPSA) is 31.4 Å². The molecule has 0 atom stereocenters. The van der Waals surface area contributed by atoms with Crippen molar-refractivity contribution in [2.75, 3.05) is 13.2 Å². The van der Waals surface area contributed by atoms with Gasteiger partial charge in [-0.25, -0.2) is 4.39 Å². The first kappa shape index (κ1) is 18.1. The first-order valence-corrected chi connectivity index (χ1v) is 8.86. The molecule has 3 rings (SSSR count). The molecule has 3 nitrogen and oxygen atoms in total. The number of allylic oxidation sites excluding steroid dienone is 1. The van der Waals surface area contributed by atoms with Crippen molar-refractivity contribution < 1.29 is 13.9 Å².